The molecule has 0 aliphatic rings. The van der Waals surface area contributed by atoms with Gasteiger partial charge in [-0.05, 0) is 42.7 Å². The number of benzene rings is 2. The molecule has 1 amide bonds. The van der Waals surface area contributed by atoms with E-state index in [2.05, 4.69) is 10.3 Å². The predicted octanol–water partition coefficient (Wildman–Crippen LogP) is 3.61. The molecular formula is C19H19FN2O2S. The van der Waals surface area contributed by atoms with Crippen molar-refractivity contribution in [3.05, 3.63) is 64.9 Å². The van der Waals surface area contributed by atoms with E-state index >= 15 is 0 Å². The largest absolute Gasteiger partial charge is 0.387 e. The van der Waals surface area contributed by atoms with E-state index in [0.29, 0.717) is 18.4 Å². The number of hydrogen-bond donors (Lipinski definition) is 2. The monoisotopic (exact) mass is 358 g/mol. The molecule has 0 fully saturated rings. The number of nitrogens with one attached hydrogen (secondary N) is 1. The highest BCUT2D eigenvalue weighted by atomic mass is 32.1. The van der Waals surface area contributed by atoms with Gasteiger partial charge in [0.2, 0.25) is 5.91 Å². The molecule has 1 aromatic heterocycles. The van der Waals surface area contributed by atoms with E-state index in [1.165, 1.54) is 24.3 Å². The summed E-state index contributed by atoms with van der Waals surface area (Å²) in [6, 6.07) is 13.6. The van der Waals surface area contributed by atoms with Crippen molar-refractivity contribution in [2.45, 2.75) is 25.4 Å². The molecule has 0 bridgehead atoms. The van der Waals surface area contributed by atoms with Gasteiger partial charge in [0.05, 0.1) is 21.3 Å². The Kier molecular flexibility index (Phi) is 5.73. The van der Waals surface area contributed by atoms with Gasteiger partial charge in [-0.15, -0.1) is 11.3 Å². The minimum Gasteiger partial charge on any atom is -0.387 e. The number of nitrogens with zero attached hydrogens (tertiary/aromatic N) is 1. The van der Waals surface area contributed by atoms with Crippen LogP contribution < -0.4 is 5.32 Å². The second-order valence-corrected chi connectivity index (χ2v) is 6.92. The molecule has 130 valence electrons. The number of thiazole rings is 1. The maximum Gasteiger partial charge on any atom is 0.220 e. The lowest BCUT2D eigenvalue weighted by molar-refractivity contribution is -0.121. The van der Waals surface area contributed by atoms with Gasteiger partial charge in [0.15, 0.2) is 0 Å². The van der Waals surface area contributed by atoms with Crippen molar-refractivity contribution in [3.63, 3.8) is 0 Å². The molecule has 1 unspecified atom stereocenters. The summed E-state index contributed by atoms with van der Waals surface area (Å²) in [5.74, 6) is -0.461. The lowest BCUT2D eigenvalue weighted by Crippen LogP contribution is -2.28. The molecule has 25 heavy (non-hydrogen) atoms. The molecule has 1 heterocycles. The number of aryl methyl sites for hydroxylation is 1. The van der Waals surface area contributed by atoms with Crippen LogP contribution in [0, 0.1) is 5.82 Å². The van der Waals surface area contributed by atoms with Crippen molar-refractivity contribution in [2.24, 2.45) is 0 Å². The van der Waals surface area contributed by atoms with Gasteiger partial charge in [0.25, 0.3) is 0 Å². The van der Waals surface area contributed by atoms with Gasteiger partial charge in [-0.2, -0.15) is 0 Å². The van der Waals surface area contributed by atoms with E-state index in [9.17, 15) is 14.3 Å². The molecule has 2 N–H and O–H groups in total. The summed E-state index contributed by atoms with van der Waals surface area (Å²) >= 11 is 1.65. The number of hydrogen-bond acceptors (Lipinski definition) is 4. The maximum absolute atomic E-state index is 12.9. The summed E-state index contributed by atoms with van der Waals surface area (Å²) < 4.78 is 14.0. The minimum atomic E-state index is -0.839. The van der Waals surface area contributed by atoms with Crippen molar-refractivity contribution in [2.75, 3.05) is 6.54 Å². The van der Waals surface area contributed by atoms with Gasteiger partial charge in [-0.1, -0.05) is 24.3 Å². The Morgan fingerprint density at radius 3 is 2.72 bits per heavy atom. The Hall–Kier alpha value is -2.31. The van der Waals surface area contributed by atoms with Crippen LogP contribution in [0.2, 0.25) is 0 Å². The number of para-hydroxylation sites is 1. The molecule has 0 saturated carbocycles. The molecule has 6 heteroatoms. The first-order valence-corrected chi connectivity index (χ1v) is 8.98. The van der Waals surface area contributed by atoms with Crippen molar-refractivity contribution >= 4 is 27.5 Å². The van der Waals surface area contributed by atoms with Crippen molar-refractivity contribution in [1.82, 2.24) is 10.3 Å². The van der Waals surface area contributed by atoms with Crippen LogP contribution in [0.4, 0.5) is 4.39 Å². The molecule has 3 aromatic rings. The van der Waals surface area contributed by atoms with Crippen LogP contribution in [0.1, 0.15) is 29.5 Å². The van der Waals surface area contributed by atoms with Crippen molar-refractivity contribution in [3.8, 4) is 0 Å². The van der Waals surface area contributed by atoms with Crippen LogP contribution in [-0.2, 0) is 11.2 Å². The van der Waals surface area contributed by atoms with E-state index in [4.69, 9.17) is 0 Å². The van der Waals surface area contributed by atoms with Crippen LogP contribution in [0.15, 0.2) is 48.5 Å². The summed E-state index contributed by atoms with van der Waals surface area (Å²) in [5, 5.41) is 13.7. The molecule has 2 aromatic carbocycles. The Labute approximate surface area is 149 Å². The molecule has 0 aliphatic heterocycles. The summed E-state index contributed by atoms with van der Waals surface area (Å²) in [6.07, 6.45) is 1.01. The summed E-state index contributed by atoms with van der Waals surface area (Å²) in [5.41, 5.74) is 1.57. The molecule has 0 aliphatic carbocycles. The van der Waals surface area contributed by atoms with Gasteiger partial charge >= 0.3 is 0 Å². The molecule has 0 radical (unpaired) electrons. The highest BCUT2D eigenvalue weighted by molar-refractivity contribution is 7.18. The van der Waals surface area contributed by atoms with E-state index in [1.54, 1.807) is 11.3 Å². The number of halogens is 1. The third-order valence-corrected chi connectivity index (χ3v) is 4.98. The van der Waals surface area contributed by atoms with Crippen molar-refractivity contribution in [1.29, 1.82) is 0 Å². The van der Waals surface area contributed by atoms with Gasteiger partial charge < -0.3 is 10.4 Å². The molecule has 3 rings (SSSR count). The number of rotatable bonds is 7. The molecule has 1 atom stereocenters. The fraction of sp³-hybridized carbons (Fsp3) is 0.263. The molecule has 0 spiro atoms. The van der Waals surface area contributed by atoms with Gasteiger partial charge in [-0.3, -0.25) is 4.79 Å². The smallest absolute Gasteiger partial charge is 0.220 e. The van der Waals surface area contributed by atoms with Crippen LogP contribution in [0.25, 0.3) is 10.2 Å². The highest BCUT2D eigenvalue weighted by Gasteiger charge is 2.10. The van der Waals surface area contributed by atoms with Gasteiger partial charge in [-0.25, -0.2) is 9.37 Å². The number of aromatic nitrogens is 1. The average molecular weight is 358 g/mol. The lowest BCUT2D eigenvalue weighted by atomic mass is 10.1. The Morgan fingerprint density at radius 1 is 1.20 bits per heavy atom. The zero-order chi connectivity index (χ0) is 17.6. The first-order valence-electron chi connectivity index (χ1n) is 8.16. The lowest BCUT2D eigenvalue weighted by Gasteiger charge is -2.12. The molecule has 0 saturated heterocycles. The maximum atomic E-state index is 12.9. The number of aliphatic hydroxyl groups is 1. The quantitative estimate of drug-likeness (QED) is 0.678. The third kappa shape index (κ3) is 4.84. The van der Waals surface area contributed by atoms with E-state index < -0.39 is 6.10 Å². The SMILES string of the molecule is O=C(CCCc1nc2ccccc2s1)NCC(O)c1ccc(F)cc1. The first kappa shape index (κ1) is 17.5. The molecular weight excluding hydrogens is 339 g/mol. The number of carbonyl (C=O) groups is 1. The fourth-order valence-corrected chi connectivity index (χ4v) is 3.54. The topological polar surface area (TPSA) is 62.2 Å². The zero-order valence-electron chi connectivity index (χ0n) is 13.6. The Bertz CT molecular complexity index is 815. The average Bonchev–Trinajstić information content (AvgIpc) is 3.03. The van der Waals surface area contributed by atoms with Gasteiger partial charge in [0.1, 0.15) is 5.82 Å². The third-order valence-electron chi connectivity index (χ3n) is 3.88. The van der Waals surface area contributed by atoms with E-state index in [0.717, 1.165) is 21.6 Å². The zero-order valence-corrected chi connectivity index (χ0v) is 14.4. The van der Waals surface area contributed by atoms with Gasteiger partial charge in [0, 0.05) is 13.0 Å². The standard InChI is InChI=1S/C19H19FN2O2S/c20-14-10-8-13(9-11-14)16(23)12-21-18(24)6-3-7-19-22-15-4-1-2-5-17(15)25-19/h1-2,4-5,8-11,16,23H,3,6-7,12H2,(H,21,24). The number of amides is 1. The number of aliphatic hydroxyl groups excluding tert-OH is 1. The van der Waals surface area contributed by atoms with Crippen LogP contribution in [0.5, 0.6) is 0 Å². The summed E-state index contributed by atoms with van der Waals surface area (Å²) in [7, 11) is 0. The summed E-state index contributed by atoms with van der Waals surface area (Å²) in [4.78, 5) is 16.4. The summed E-state index contributed by atoms with van der Waals surface area (Å²) in [6.45, 7) is 0.117. The van der Waals surface area contributed by atoms with E-state index in [-0.39, 0.29) is 18.3 Å². The van der Waals surface area contributed by atoms with Crippen LogP contribution in [0.3, 0.4) is 0 Å². The second-order valence-electron chi connectivity index (χ2n) is 5.80. The highest BCUT2D eigenvalue weighted by Crippen LogP contribution is 2.22. The van der Waals surface area contributed by atoms with Crippen LogP contribution in [-0.4, -0.2) is 22.5 Å². The fourth-order valence-electron chi connectivity index (χ4n) is 2.53. The molecule has 4 nitrogen and oxygen atoms in total. The normalized spacial score (nSPS) is 12.2. The predicted molar refractivity (Wildman–Crippen MR) is 96.9 cm³/mol. The second kappa shape index (κ2) is 8.18. The number of fused-ring (bicyclic) bond motifs is 1. The first-order chi connectivity index (χ1) is 12.1. The Morgan fingerprint density at radius 2 is 1.96 bits per heavy atom. The Balaban J connectivity index is 1.41. The van der Waals surface area contributed by atoms with E-state index in [1.807, 2.05) is 24.3 Å². The van der Waals surface area contributed by atoms with Crippen molar-refractivity contribution < 1.29 is 14.3 Å². The minimum absolute atomic E-state index is 0.109. The number of carbonyl (C=O) groups excluding carboxylic acids is 1. The van der Waals surface area contributed by atoms with Crippen LogP contribution >= 0.6 is 11.3 Å².